The van der Waals surface area contributed by atoms with E-state index >= 15 is 0 Å². The zero-order valence-corrected chi connectivity index (χ0v) is 27.1. The Labute approximate surface area is 248 Å². The van der Waals surface area contributed by atoms with Gasteiger partial charge in [-0.1, -0.05) is 118 Å². The SMILES string of the molecule is CC(/C=C(/C)[O-])=Nc1c(C(C)C)cccc1C(C)C.CC(/C=C(/C)[O-])=Nc1c(C(C)C)cccc1C(C)C.[Fe+2]. The number of rotatable bonds is 8. The van der Waals surface area contributed by atoms with Gasteiger partial charge in [0.1, 0.15) is 0 Å². The Morgan fingerprint density at radius 1 is 0.538 bits per heavy atom. The van der Waals surface area contributed by atoms with Crippen molar-refractivity contribution < 1.29 is 27.3 Å². The largest absolute Gasteiger partial charge is 2.00 e. The van der Waals surface area contributed by atoms with Crippen molar-refractivity contribution in [1.82, 2.24) is 0 Å². The molecule has 0 atom stereocenters. The summed E-state index contributed by atoms with van der Waals surface area (Å²) in [6.07, 6.45) is 3.17. The van der Waals surface area contributed by atoms with Gasteiger partial charge >= 0.3 is 17.1 Å². The topological polar surface area (TPSA) is 70.8 Å². The maximum atomic E-state index is 11.1. The van der Waals surface area contributed by atoms with Crippen LogP contribution in [0.2, 0.25) is 0 Å². The molecule has 0 aliphatic rings. The van der Waals surface area contributed by atoms with Gasteiger partial charge in [-0.25, -0.2) is 0 Å². The van der Waals surface area contributed by atoms with Crippen molar-refractivity contribution in [1.29, 1.82) is 0 Å². The minimum atomic E-state index is 0. The van der Waals surface area contributed by atoms with E-state index in [9.17, 15) is 10.2 Å². The van der Waals surface area contributed by atoms with Crippen molar-refractivity contribution in [2.75, 3.05) is 0 Å². The third kappa shape index (κ3) is 12.0. The maximum absolute atomic E-state index is 11.1. The maximum Gasteiger partial charge on any atom is 2.00 e. The van der Waals surface area contributed by atoms with Crippen LogP contribution in [0.3, 0.4) is 0 Å². The van der Waals surface area contributed by atoms with Gasteiger partial charge < -0.3 is 10.2 Å². The number of para-hydroxylation sites is 2. The van der Waals surface area contributed by atoms with Gasteiger partial charge in [0, 0.05) is 11.4 Å². The Morgan fingerprint density at radius 2 is 0.769 bits per heavy atom. The molecular weight excluding hydrogens is 524 g/mol. The predicted octanol–water partition coefficient (Wildman–Crippen LogP) is 8.58. The molecule has 0 N–H and O–H groups in total. The summed E-state index contributed by atoms with van der Waals surface area (Å²) in [5, 5.41) is 22.3. The van der Waals surface area contributed by atoms with Crippen LogP contribution in [0.1, 0.15) is 129 Å². The molecule has 214 valence electrons. The molecule has 0 saturated carbocycles. The molecule has 0 aliphatic carbocycles. The molecule has 0 heterocycles. The second-order valence-corrected chi connectivity index (χ2v) is 11.2. The fourth-order valence-electron chi connectivity index (χ4n) is 4.29. The van der Waals surface area contributed by atoms with Crippen LogP contribution in [0.4, 0.5) is 11.4 Å². The van der Waals surface area contributed by atoms with Crippen LogP contribution in [0, 0.1) is 0 Å². The Hall–Kier alpha value is -2.62. The van der Waals surface area contributed by atoms with Gasteiger partial charge in [0.2, 0.25) is 0 Å². The summed E-state index contributed by atoms with van der Waals surface area (Å²) in [6, 6.07) is 12.7. The van der Waals surface area contributed by atoms with Crippen LogP contribution in [-0.4, -0.2) is 11.4 Å². The number of hydrogen-bond donors (Lipinski definition) is 0. The Kier molecular flexibility index (Phi) is 16.0. The van der Waals surface area contributed by atoms with E-state index in [4.69, 9.17) is 0 Å². The first-order valence-electron chi connectivity index (χ1n) is 13.7. The van der Waals surface area contributed by atoms with Crippen molar-refractivity contribution in [3.63, 3.8) is 0 Å². The first-order valence-corrected chi connectivity index (χ1v) is 13.7. The fourth-order valence-corrected chi connectivity index (χ4v) is 4.29. The molecule has 0 bridgehead atoms. The monoisotopic (exact) mass is 572 g/mol. The molecule has 0 unspecified atom stereocenters. The summed E-state index contributed by atoms with van der Waals surface area (Å²) in [7, 11) is 0. The molecule has 0 fully saturated rings. The average molecular weight is 573 g/mol. The van der Waals surface area contributed by atoms with E-state index < -0.39 is 0 Å². The summed E-state index contributed by atoms with van der Waals surface area (Å²) in [5.74, 6) is 1.75. The zero-order chi connectivity index (χ0) is 29.2. The molecule has 0 aromatic heterocycles. The van der Waals surface area contributed by atoms with Crippen LogP contribution in [0.5, 0.6) is 0 Å². The minimum Gasteiger partial charge on any atom is -0.876 e. The molecule has 0 saturated heterocycles. The summed E-state index contributed by atoms with van der Waals surface area (Å²) >= 11 is 0. The Morgan fingerprint density at radius 3 is 0.949 bits per heavy atom. The smallest absolute Gasteiger partial charge is 0.876 e. The normalized spacial score (nSPS) is 13.1. The molecule has 5 heteroatoms. The number of allylic oxidation sites excluding steroid dienone is 4. The van der Waals surface area contributed by atoms with Gasteiger partial charge in [0.15, 0.2) is 0 Å². The van der Waals surface area contributed by atoms with Crippen molar-refractivity contribution in [2.45, 2.75) is 107 Å². The van der Waals surface area contributed by atoms with E-state index in [1.807, 2.05) is 13.8 Å². The molecule has 2 aromatic rings. The minimum absolute atomic E-state index is 0. The molecule has 0 aliphatic heterocycles. The Balaban J connectivity index is 0.000000722. The average Bonchev–Trinajstić information content (AvgIpc) is 2.77. The van der Waals surface area contributed by atoms with Crippen molar-refractivity contribution in [2.24, 2.45) is 9.98 Å². The fraction of sp³-hybridized carbons (Fsp3) is 0.471. The number of nitrogens with zero attached hydrogens (tertiary/aromatic N) is 2. The van der Waals surface area contributed by atoms with Crippen molar-refractivity contribution in [3.05, 3.63) is 82.3 Å². The van der Waals surface area contributed by atoms with E-state index in [0.29, 0.717) is 23.7 Å². The molecule has 0 spiro atoms. The van der Waals surface area contributed by atoms with Crippen LogP contribution in [0.25, 0.3) is 0 Å². The van der Waals surface area contributed by atoms with Gasteiger partial charge in [-0.3, -0.25) is 9.98 Å². The van der Waals surface area contributed by atoms with E-state index in [1.165, 1.54) is 22.3 Å². The molecule has 0 amide bonds. The number of aliphatic imine (C=N–C) groups is 2. The van der Waals surface area contributed by atoms with Gasteiger partial charge in [-0.2, -0.15) is 0 Å². The standard InChI is InChI=1S/2C17H25NO.Fe/c2*1-11(2)15-8-7-9-16(12(3)4)17(15)18-13(5)10-14(6)19;/h2*7-12,19H,1-6H3;/q;;+2/p-2/b2*14-10-,18-13?;. The third-order valence-corrected chi connectivity index (χ3v) is 6.09. The molecular formula is C34H48FeN2O2. The summed E-state index contributed by atoms with van der Waals surface area (Å²) < 4.78 is 0. The second-order valence-electron chi connectivity index (χ2n) is 11.2. The molecule has 2 rings (SSSR count). The van der Waals surface area contributed by atoms with Gasteiger partial charge in [0.05, 0.1) is 11.4 Å². The van der Waals surface area contributed by atoms with Gasteiger partial charge in [-0.15, -0.1) is 11.5 Å². The van der Waals surface area contributed by atoms with Crippen molar-refractivity contribution >= 4 is 22.8 Å². The quantitative estimate of drug-likeness (QED) is 0.181. The molecule has 39 heavy (non-hydrogen) atoms. The van der Waals surface area contributed by atoms with Gasteiger partial charge in [0.25, 0.3) is 0 Å². The van der Waals surface area contributed by atoms with E-state index in [2.05, 4.69) is 102 Å². The third-order valence-electron chi connectivity index (χ3n) is 6.09. The number of hydrogen-bond acceptors (Lipinski definition) is 4. The second kappa shape index (κ2) is 17.1. The molecule has 2 aromatic carbocycles. The predicted molar refractivity (Wildman–Crippen MR) is 162 cm³/mol. The summed E-state index contributed by atoms with van der Waals surface area (Å²) in [6.45, 7) is 24.2. The number of benzene rings is 2. The van der Waals surface area contributed by atoms with Crippen molar-refractivity contribution in [3.8, 4) is 0 Å². The first kappa shape index (κ1) is 36.4. The zero-order valence-electron chi connectivity index (χ0n) is 26.0. The van der Waals surface area contributed by atoms with E-state index in [0.717, 1.165) is 22.8 Å². The van der Waals surface area contributed by atoms with Gasteiger partial charge in [-0.05, 0) is 59.8 Å². The Bertz CT molecular complexity index is 1030. The van der Waals surface area contributed by atoms with E-state index in [-0.39, 0.29) is 28.6 Å². The van der Waals surface area contributed by atoms with Crippen LogP contribution < -0.4 is 10.2 Å². The first-order chi connectivity index (χ1) is 17.6. The van der Waals surface area contributed by atoms with Crippen LogP contribution in [0.15, 0.2) is 70.1 Å². The summed E-state index contributed by atoms with van der Waals surface area (Å²) in [5.41, 5.74) is 8.55. The summed E-state index contributed by atoms with van der Waals surface area (Å²) in [4.78, 5) is 9.36. The molecule has 4 nitrogen and oxygen atoms in total. The van der Waals surface area contributed by atoms with Crippen LogP contribution in [-0.2, 0) is 17.1 Å². The van der Waals surface area contributed by atoms with Crippen LogP contribution >= 0.6 is 0 Å². The molecule has 0 radical (unpaired) electrons. The van der Waals surface area contributed by atoms with E-state index in [1.54, 1.807) is 26.0 Å².